The molecule has 0 bridgehead atoms. The number of carbonyl (C=O) groups is 1. The van der Waals surface area contributed by atoms with E-state index in [0.717, 1.165) is 0 Å². The molecule has 1 atom stereocenters. The van der Waals surface area contributed by atoms with E-state index < -0.39 is 10.8 Å². The molecule has 9 nitrogen and oxygen atoms in total. The first-order chi connectivity index (χ1) is 19.7. The van der Waals surface area contributed by atoms with Gasteiger partial charge in [-0.15, -0.1) is 0 Å². The van der Waals surface area contributed by atoms with Crippen molar-refractivity contribution in [3.63, 3.8) is 0 Å². The molecule has 1 aliphatic carbocycles. The van der Waals surface area contributed by atoms with Crippen LogP contribution in [0, 0.1) is 21.4 Å². The summed E-state index contributed by atoms with van der Waals surface area (Å²) in [5.41, 5.74) is 9.71. The topological polar surface area (TPSA) is 132 Å². The summed E-state index contributed by atoms with van der Waals surface area (Å²) in [4.78, 5) is 26.1. The van der Waals surface area contributed by atoms with Gasteiger partial charge in [-0.25, -0.2) is 0 Å². The molecule has 11 heteroatoms. The molecule has 0 saturated carbocycles. The molecule has 0 radical (unpaired) electrons. The number of Topliss-reactive ketones (excluding diaryl/α,β-unsaturated/α-hetero) is 1. The van der Waals surface area contributed by atoms with Crippen LogP contribution < -0.4 is 20.1 Å². The van der Waals surface area contributed by atoms with Gasteiger partial charge in [-0.3, -0.25) is 19.8 Å². The molecule has 0 amide bonds. The third-order valence-corrected chi connectivity index (χ3v) is 7.90. The average molecular weight is 591 g/mol. The summed E-state index contributed by atoms with van der Waals surface area (Å²) in [6.45, 7) is -0.0507. The number of hydrogen-bond donors (Lipinski definition) is 1. The molecule has 2 N–H and O–H groups in total. The highest BCUT2D eigenvalue weighted by Crippen LogP contribution is 2.47. The molecule has 0 fully saturated rings. The van der Waals surface area contributed by atoms with Gasteiger partial charge in [0.15, 0.2) is 11.5 Å². The molecule has 1 aliphatic heterocycles. The number of hydrogen-bond acceptors (Lipinski definition) is 8. The second-order valence-corrected chi connectivity index (χ2v) is 10.3. The maximum absolute atomic E-state index is 13.5. The predicted molar refractivity (Wildman–Crippen MR) is 155 cm³/mol. The minimum atomic E-state index is -0.725. The molecular formula is C30H24Cl2N4O5. The lowest BCUT2D eigenvalue weighted by atomic mass is 9.75. The van der Waals surface area contributed by atoms with E-state index in [-0.39, 0.29) is 35.2 Å². The number of rotatable bonds is 7. The molecule has 0 spiro atoms. The Kier molecular flexibility index (Phi) is 7.88. The van der Waals surface area contributed by atoms with Crippen molar-refractivity contribution >= 4 is 40.4 Å². The van der Waals surface area contributed by atoms with E-state index >= 15 is 0 Å². The van der Waals surface area contributed by atoms with Crippen LogP contribution in [0.5, 0.6) is 11.5 Å². The highest BCUT2D eigenvalue weighted by atomic mass is 35.5. The summed E-state index contributed by atoms with van der Waals surface area (Å²) >= 11 is 12.4. The number of benzene rings is 3. The van der Waals surface area contributed by atoms with E-state index in [2.05, 4.69) is 6.07 Å². The molecule has 3 aromatic rings. The zero-order chi connectivity index (χ0) is 29.3. The number of nitro benzene ring substituents is 1. The molecule has 208 valence electrons. The van der Waals surface area contributed by atoms with Gasteiger partial charge in [0.25, 0.3) is 0 Å². The summed E-state index contributed by atoms with van der Waals surface area (Å²) in [5, 5.41) is 22.5. The van der Waals surface area contributed by atoms with Crippen molar-refractivity contribution in [1.29, 1.82) is 5.26 Å². The second kappa shape index (κ2) is 11.5. The van der Waals surface area contributed by atoms with E-state index in [1.54, 1.807) is 53.4 Å². The average Bonchev–Trinajstić information content (AvgIpc) is 2.97. The molecule has 1 heterocycles. The monoisotopic (exact) mass is 590 g/mol. The molecule has 41 heavy (non-hydrogen) atoms. The van der Waals surface area contributed by atoms with Crippen LogP contribution in [0.2, 0.25) is 10.0 Å². The highest BCUT2D eigenvalue weighted by molar-refractivity contribution is 6.42. The number of carbonyl (C=O) groups excluding carboxylic acids is 1. The number of nitrogens with two attached hydrogens (primary N) is 1. The van der Waals surface area contributed by atoms with Gasteiger partial charge in [0.1, 0.15) is 18.2 Å². The van der Waals surface area contributed by atoms with E-state index in [0.29, 0.717) is 63.1 Å². The van der Waals surface area contributed by atoms with Crippen molar-refractivity contribution in [2.24, 2.45) is 5.73 Å². The van der Waals surface area contributed by atoms with E-state index in [4.69, 9.17) is 38.4 Å². The molecule has 0 aromatic heterocycles. The van der Waals surface area contributed by atoms with Gasteiger partial charge in [-0.2, -0.15) is 5.26 Å². The number of nitrogens with zero attached hydrogens (tertiary/aromatic N) is 3. The number of allylic oxidation sites excluding steroid dienone is 3. The molecule has 2 aliphatic rings. The van der Waals surface area contributed by atoms with Crippen LogP contribution in [0.1, 0.15) is 36.3 Å². The Morgan fingerprint density at radius 2 is 1.88 bits per heavy atom. The van der Waals surface area contributed by atoms with Gasteiger partial charge in [0, 0.05) is 35.0 Å². The molecule has 1 unspecified atom stereocenters. The fraction of sp³-hybridized carbons (Fsp3) is 0.200. The van der Waals surface area contributed by atoms with Crippen LogP contribution in [0.15, 0.2) is 83.3 Å². The third kappa shape index (κ3) is 5.20. The van der Waals surface area contributed by atoms with E-state index in [9.17, 15) is 20.2 Å². The minimum Gasteiger partial charge on any atom is -0.496 e. The Balaban J connectivity index is 1.60. The van der Waals surface area contributed by atoms with Gasteiger partial charge in [0.05, 0.1) is 39.6 Å². The normalized spacial score (nSPS) is 16.8. The first-order valence-corrected chi connectivity index (χ1v) is 13.4. The lowest BCUT2D eigenvalue weighted by Gasteiger charge is -2.39. The van der Waals surface area contributed by atoms with Crippen molar-refractivity contribution in [3.05, 3.63) is 115 Å². The van der Waals surface area contributed by atoms with E-state index in [1.807, 2.05) is 0 Å². The predicted octanol–water partition coefficient (Wildman–Crippen LogP) is 6.79. The zero-order valence-corrected chi connectivity index (χ0v) is 23.4. The Morgan fingerprint density at radius 1 is 1.10 bits per heavy atom. The lowest BCUT2D eigenvalue weighted by Crippen LogP contribution is -2.38. The summed E-state index contributed by atoms with van der Waals surface area (Å²) in [7, 11) is 1.50. The summed E-state index contributed by atoms with van der Waals surface area (Å²) in [6, 6.07) is 18.6. The third-order valence-electron chi connectivity index (χ3n) is 7.16. The number of nitro groups is 1. The van der Waals surface area contributed by atoms with Crippen molar-refractivity contribution in [1.82, 2.24) is 0 Å². The van der Waals surface area contributed by atoms with Gasteiger partial charge in [-0.05, 0) is 54.8 Å². The Labute approximate surface area is 246 Å². The zero-order valence-electron chi connectivity index (χ0n) is 21.9. The fourth-order valence-corrected chi connectivity index (χ4v) is 5.61. The van der Waals surface area contributed by atoms with Gasteiger partial charge < -0.3 is 15.2 Å². The maximum atomic E-state index is 13.5. The highest BCUT2D eigenvalue weighted by Gasteiger charge is 2.40. The van der Waals surface area contributed by atoms with Crippen LogP contribution in [0.25, 0.3) is 0 Å². The fourth-order valence-electron chi connectivity index (χ4n) is 5.32. The Hall–Kier alpha value is -4.52. The van der Waals surface area contributed by atoms with Crippen molar-refractivity contribution in [2.75, 3.05) is 12.0 Å². The van der Waals surface area contributed by atoms with Crippen LogP contribution in [-0.4, -0.2) is 17.8 Å². The number of methoxy groups -OCH3 is 1. The van der Waals surface area contributed by atoms with Crippen LogP contribution in [0.4, 0.5) is 11.4 Å². The number of halogens is 2. The van der Waals surface area contributed by atoms with Crippen LogP contribution >= 0.6 is 23.2 Å². The number of ether oxygens (including phenoxy) is 2. The van der Waals surface area contributed by atoms with Crippen molar-refractivity contribution in [3.8, 4) is 17.6 Å². The van der Waals surface area contributed by atoms with Crippen molar-refractivity contribution in [2.45, 2.75) is 31.8 Å². The number of ketones is 1. The number of para-hydroxylation sites is 2. The first kappa shape index (κ1) is 28.0. The van der Waals surface area contributed by atoms with Crippen LogP contribution in [-0.2, 0) is 11.4 Å². The second-order valence-electron chi connectivity index (χ2n) is 9.50. The van der Waals surface area contributed by atoms with Gasteiger partial charge in [0.2, 0.25) is 0 Å². The Morgan fingerprint density at radius 3 is 2.59 bits per heavy atom. The first-order valence-electron chi connectivity index (χ1n) is 12.7. The number of anilines is 1. The van der Waals surface area contributed by atoms with Crippen LogP contribution in [0.3, 0.4) is 0 Å². The Bertz CT molecular complexity index is 1680. The molecular weight excluding hydrogens is 567 g/mol. The smallest absolute Gasteiger partial charge is 0.310 e. The molecule has 5 rings (SSSR count). The standard InChI is InChI=1S/C30H24Cl2N4O5/c1-40-26-12-9-17(13-18(26)16-41-27-8-3-2-5-23(27)36(38)39)28-20(15-33)30(34)35(19-10-11-21(31)22(32)14-19)24-6-4-7-25(37)29(24)28/h2-3,5,8-14,28H,4,6-7,16,34H2,1H3. The van der Waals surface area contributed by atoms with Crippen molar-refractivity contribution < 1.29 is 19.2 Å². The summed E-state index contributed by atoms with van der Waals surface area (Å²) in [5.74, 6) is -0.0140. The minimum absolute atomic E-state index is 0.0507. The molecule has 0 saturated heterocycles. The summed E-state index contributed by atoms with van der Waals surface area (Å²) < 4.78 is 11.4. The summed E-state index contributed by atoms with van der Waals surface area (Å²) in [6.07, 6.45) is 1.54. The van der Waals surface area contributed by atoms with Gasteiger partial charge in [-0.1, -0.05) is 41.4 Å². The maximum Gasteiger partial charge on any atom is 0.310 e. The molecule has 3 aromatic carbocycles. The quantitative estimate of drug-likeness (QED) is 0.235. The van der Waals surface area contributed by atoms with Gasteiger partial charge >= 0.3 is 5.69 Å². The SMILES string of the molecule is COc1ccc(C2C(C#N)=C(N)N(c3ccc(Cl)c(Cl)c3)C3=C2C(=O)CCC3)cc1COc1ccccc1[N+](=O)[O-]. The number of nitriles is 1. The lowest BCUT2D eigenvalue weighted by molar-refractivity contribution is -0.385. The largest absolute Gasteiger partial charge is 0.496 e. The van der Waals surface area contributed by atoms with E-state index in [1.165, 1.54) is 19.2 Å².